The standard InChI is InChI=1S/C21H29N3O4/c1-3-12-23(13-19(25)22-17-10-6-7-11-18(17)28-2)14-24-20(26)15-8-4-5-9-16(15)21(24)27/h6-7,10-11,15-16H,3-5,8-9,12-14H2,1-2H3,(H,22,25)/p+1/t15-,16+. The van der Waals surface area contributed by atoms with E-state index in [4.69, 9.17) is 4.74 Å². The monoisotopic (exact) mass is 388 g/mol. The molecule has 3 atom stereocenters. The van der Waals surface area contributed by atoms with E-state index in [9.17, 15) is 14.4 Å². The Labute approximate surface area is 166 Å². The lowest BCUT2D eigenvalue weighted by atomic mass is 9.81. The molecule has 3 amide bonds. The quantitative estimate of drug-likeness (QED) is 0.653. The molecule has 1 aliphatic heterocycles. The van der Waals surface area contributed by atoms with Gasteiger partial charge >= 0.3 is 0 Å². The average molecular weight is 388 g/mol. The summed E-state index contributed by atoms with van der Waals surface area (Å²) in [5.74, 6) is 0.0475. The minimum atomic E-state index is -0.163. The third-order valence-corrected chi connectivity index (χ3v) is 5.71. The third-order valence-electron chi connectivity index (χ3n) is 5.71. The van der Waals surface area contributed by atoms with Crippen LogP contribution in [0.3, 0.4) is 0 Å². The van der Waals surface area contributed by atoms with Crippen LogP contribution in [-0.4, -0.2) is 49.5 Å². The van der Waals surface area contributed by atoms with Crippen molar-refractivity contribution in [1.29, 1.82) is 0 Å². The molecule has 1 aromatic rings. The molecule has 1 unspecified atom stereocenters. The predicted octanol–water partition coefficient (Wildman–Crippen LogP) is 1.06. The lowest BCUT2D eigenvalue weighted by Crippen LogP contribution is -3.14. The van der Waals surface area contributed by atoms with Gasteiger partial charge in [0, 0.05) is 0 Å². The predicted molar refractivity (Wildman–Crippen MR) is 105 cm³/mol. The Balaban J connectivity index is 1.64. The number of imide groups is 1. The largest absolute Gasteiger partial charge is 0.495 e. The van der Waals surface area contributed by atoms with Crippen LogP contribution in [0.5, 0.6) is 5.75 Å². The van der Waals surface area contributed by atoms with Crippen molar-refractivity contribution in [1.82, 2.24) is 4.90 Å². The summed E-state index contributed by atoms with van der Waals surface area (Å²) in [5.41, 5.74) is 0.616. The van der Waals surface area contributed by atoms with Gasteiger partial charge in [-0.05, 0) is 31.4 Å². The van der Waals surface area contributed by atoms with Crippen LogP contribution >= 0.6 is 0 Å². The van der Waals surface area contributed by atoms with Gasteiger partial charge in [-0.1, -0.05) is 31.9 Å². The van der Waals surface area contributed by atoms with E-state index in [0.29, 0.717) is 18.0 Å². The first-order valence-corrected chi connectivity index (χ1v) is 10.2. The van der Waals surface area contributed by atoms with Gasteiger partial charge in [0.2, 0.25) is 11.8 Å². The van der Waals surface area contributed by atoms with Crippen LogP contribution in [0, 0.1) is 11.8 Å². The van der Waals surface area contributed by atoms with Gasteiger partial charge in [-0.2, -0.15) is 0 Å². The second kappa shape index (κ2) is 9.19. The normalized spacial score (nSPS) is 22.7. The number of methoxy groups -OCH3 is 1. The molecule has 1 saturated carbocycles. The zero-order valence-electron chi connectivity index (χ0n) is 16.7. The van der Waals surface area contributed by atoms with Crippen molar-refractivity contribution in [2.24, 2.45) is 11.8 Å². The molecule has 2 fully saturated rings. The molecule has 7 heteroatoms. The van der Waals surface area contributed by atoms with Crippen LogP contribution in [0.15, 0.2) is 24.3 Å². The van der Waals surface area contributed by atoms with Crippen LogP contribution in [-0.2, 0) is 14.4 Å². The molecule has 0 spiro atoms. The molecule has 1 aromatic carbocycles. The van der Waals surface area contributed by atoms with Crippen LogP contribution in [0.25, 0.3) is 0 Å². The van der Waals surface area contributed by atoms with Crippen LogP contribution in [0.2, 0.25) is 0 Å². The van der Waals surface area contributed by atoms with E-state index >= 15 is 0 Å². The number of hydrogen-bond acceptors (Lipinski definition) is 4. The first-order chi connectivity index (χ1) is 13.5. The highest BCUT2D eigenvalue weighted by molar-refractivity contribution is 6.05. The van der Waals surface area contributed by atoms with Gasteiger partial charge in [-0.15, -0.1) is 0 Å². The summed E-state index contributed by atoms with van der Waals surface area (Å²) in [6.45, 7) is 3.20. The van der Waals surface area contributed by atoms with E-state index in [2.05, 4.69) is 5.32 Å². The number of carbonyl (C=O) groups excluding carboxylic acids is 3. The first-order valence-electron chi connectivity index (χ1n) is 10.2. The van der Waals surface area contributed by atoms with E-state index < -0.39 is 0 Å². The maximum atomic E-state index is 12.7. The Morgan fingerprint density at radius 3 is 2.43 bits per heavy atom. The summed E-state index contributed by atoms with van der Waals surface area (Å²) in [4.78, 5) is 40.3. The SMILES string of the molecule is CCC[NH+](CC(=O)Nc1ccccc1OC)CN1C(=O)[C@H]2CCCC[C@H]2C1=O. The second-order valence-corrected chi connectivity index (χ2v) is 7.69. The lowest BCUT2D eigenvalue weighted by Gasteiger charge is -2.23. The molecule has 1 heterocycles. The number of quaternary nitrogens is 1. The second-order valence-electron chi connectivity index (χ2n) is 7.69. The number of benzene rings is 1. The van der Waals surface area contributed by atoms with Crippen molar-refractivity contribution in [2.75, 3.05) is 32.2 Å². The highest BCUT2D eigenvalue weighted by Gasteiger charge is 2.49. The zero-order valence-corrected chi connectivity index (χ0v) is 16.7. The van der Waals surface area contributed by atoms with Gasteiger partial charge in [0.25, 0.3) is 5.91 Å². The molecule has 2 N–H and O–H groups in total. The zero-order chi connectivity index (χ0) is 20.1. The number of nitrogens with zero attached hydrogens (tertiary/aromatic N) is 1. The fourth-order valence-electron chi connectivity index (χ4n) is 4.36. The molecular weight excluding hydrogens is 358 g/mol. The molecule has 1 saturated heterocycles. The summed E-state index contributed by atoms with van der Waals surface area (Å²) >= 11 is 0. The minimum Gasteiger partial charge on any atom is -0.495 e. The van der Waals surface area contributed by atoms with Gasteiger partial charge in [0.05, 0.1) is 31.2 Å². The molecule has 0 aromatic heterocycles. The average Bonchev–Trinajstić information content (AvgIpc) is 2.94. The number of para-hydroxylation sites is 2. The molecule has 28 heavy (non-hydrogen) atoms. The van der Waals surface area contributed by atoms with E-state index in [1.807, 2.05) is 19.1 Å². The lowest BCUT2D eigenvalue weighted by molar-refractivity contribution is -0.899. The first kappa shape index (κ1) is 20.3. The molecule has 3 rings (SSSR count). The molecule has 2 aliphatic rings. The van der Waals surface area contributed by atoms with Crippen molar-refractivity contribution < 1.29 is 24.0 Å². The molecule has 7 nitrogen and oxygen atoms in total. The number of hydrogen-bond donors (Lipinski definition) is 2. The number of amides is 3. The Bertz CT molecular complexity index is 712. The number of carbonyl (C=O) groups is 3. The van der Waals surface area contributed by atoms with Gasteiger partial charge in [0.15, 0.2) is 13.2 Å². The van der Waals surface area contributed by atoms with Crippen molar-refractivity contribution >= 4 is 23.4 Å². The Hall–Kier alpha value is -2.41. The fourth-order valence-corrected chi connectivity index (χ4v) is 4.36. The minimum absolute atomic E-state index is 0.0477. The highest BCUT2D eigenvalue weighted by Crippen LogP contribution is 2.37. The van der Waals surface area contributed by atoms with Crippen molar-refractivity contribution in [3.8, 4) is 5.75 Å². The van der Waals surface area contributed by atoms with Gasteiger partial charge in [-0.25, -0.2) is 4.90 Å². The van der Waals surface area contributed by atoms with Gasteiger partial charge in [-0.3, -0.25) is 14.4 Å². The number of rotatable bonds is 8. The molecular formula is C21H30N3O4+. The summed E-state index contributed by atoms with van der Waals surface area (Å²) in [6, 6.07) is 7.25. The van der Waals surface area contributed by atoms with Crippen LogP contribution in [0.4, 0.5) is 5.69 Å². The Kier molecular flexibility index (Phi) is 6.67. The summed E-state index contributed by atoms with van der Waals surface area (Å²) < 4.78 is 5.27. The van der Waals surface area contributed by atoms with E-state index in [1.165, 1.54) is 4.90 Å². The van der Waals surface area contributed by atoms with Gasteiger partial charge in [0.1, 0.15) is 5.75 Å². The number of ether oxygens (including phenoxy) is 1. The van der Waals surface area contributed by atoms with Crippen molar-refractivity contribution in [3.63, 3.8) is 0 Å². The van der Waals surface area contributed by atoms with Crippen LogP contribution < -0.4 is 15.0 Å². The number of anilines is 1. The van der Waals surface area contributed by atoms with Crippen LogP contribution in [0.1, 0.15) is 39.0 Å². The van der Waals surface area contributed by atoms with Crippen molar-refractivity contribution in [2.45, 2.75) is 39.0 Å². The maximum Gasteiger partial charge on any atom is 0.279 e. The maximum absolute atomic E-state index is 12.7. The topological polar surface area (TPSA) is 80.2 Å². The molecule has 0 radical (unpaired) electrons. The third kappa shape index (κ3) is 4.35. The van der Waals surface area contributed by atoms with Gasteiger partial charge < -0.3 is 15.0 Å². The number of likely N-dealkylation sites (tertiary alicyclic amines) is 1. The summed E-state index contributed by atoms with van der Waals surface area (Å²) in [6.07, 6.45) is 4.51. The van der Waals surface area contributed by atoms with Crippen molar-refractivity contribution in [3.05, 3.63) is 24.3 Å². The molecule has 152 valence electrons. The van der Waals surface area contributed by atoms with E-state index in [-0.39, 0.29) is 42.8 Å². The van der Waals surface area contributed by atoms with E-state index in [0.717, 1.165) is 37.0 Å². The molecule has 0 bridgehead atoms. The number of fused-ring (bicyclic) bond motifs is 1. The fraction of sp³-hybridized carbons (Fsp3) is 0.571. The smallest absolute Gasteiger partial charge is 0.279 e. The highest BCUT2D eigenvalue weighted by atomic mass is 16.5. The number of nitrogens with one attached hydrogen (secondary N) is 2. The Morgan fingerprint density at radius 1 is 1.18 bits per heavy atom. The van der Waals surface area contributed by atoms with E-state index in [1.54, 1.807) is 19.2 Å². The Morgan fingerprint density at radius 2 is 1.82 bits per heavy atom. The molecule has 1 aliphatic carbocycles. The summed E-state index contributed by atoms with van der Waals surface area (Å²) in [7, 11) is 1.56. The summed E-state index contributed by atoms with van der Waals surface area (Å²) in [5, 5.41) is 2.87.